The van der Waals surface area contributed by atoms with E-state index in [0.29, 0.717) is 17.6 Å². The fraction of sp³-hybridized carbons (Fsp3) is 0.520. The SMILES string of the molecule is CCC(c1ccc(OC)cc1)C(CC)c1ccc(O)c(CN2CCCCC2)c1. The molecule has 0 amide bonds. The molecule has 1 aliphatic rings. The minimum atomic E-state index is 0.432. The normalized spacial score (nSPS) is 17.2. The highest BCUT2D eigenvalue weighted by Gasteiger charge is 2.23. The van der Waals surface area contributed by atoms with Crippen molar-refractivity contribution in [3.63, 3.8) is 0 Å². The summed E-state index contributed by atoms with van der Waals surface area (Å²) in [6.07, 6.45) is 6.05. The zero-order chi connectivity index (χ0) is 19.9. The van der Waals surface area contributed by atoms with Gasteiger partial charge < -0.3 is 9.84 Å². The van der Waals surface area contributed by atoms with Crippen molar-refractivity contribution in [2.24, 2.45) is 0 Å². The fourth-order valence-corrected chi connectivity index (χ4v) is 4.68. The molecule has 28 heavy (non-hydrogen) atoms. The molecule has 0 aliphatic carbocycles. The van der Waals surface area contributed by atoms with Crippen LogP contribution in [0, 0.1) is 0 Å². The Morgan fingerprint density at radius 3 is 2.11 bits per heavy atom. The second-order valence-electron chi connectivity index (χ2n) is 8.03. The first-order valence-electron chi connectivity index (χ1n) is 10.8. The van der Waals surface area contributed by atoms with E-state index < -0.39 is 0 Å². The summed E-state index contributed by atoms with van der Waals surface area (Å²) < 4.78 is 5.32. The third-order valence-corrected chi connectivity index (χ3v) is 6.28. The molecule has 0 radical (unpaired) electrons. The van der Waals surface area contributed by atoms with E-state index in [9.17, 15) is 5.11 Å². The maximum Gasteiger partial charge on any atom is 0.120 e. The lowest BCUT2D eigenvalue weighted by Gasteiger charge is -2.29. The standard InChI is InChI=1S/C25H35NO2/c1-4-23(19-9-12-22(28-3)13-10-19)24(5-2)20-11-14-25(27)21(17-20)18-26-15-7-6-8-16-26/h9-14,17,23-24,27H,4-8,15-16,18H2,1-3H3. The Morgan fingerprint density at radius 2 is 1.50 bits per heavy atom. The second-order valence-corrected chi connectivity index (χ2v) is 8.03. The van der Waals surface area contributed by atoms with Crippen LogP contribution in [0.15, 0.2) is 42.5 Å². The Kier molecular flexibility index (Phi) is 7.38. The van der Waals surface area contributed by atoms with Crippen LogP contribution in [0.5, 0.6) is 11.5 Å². The second kappa shape index (κ2) is 9.97. The van der Waals surface area contributed by atoms with Gasteiger partial charge in [0.05, 0.1) is 7.11 Å². The maximum atomic E-state index is 10.5. The number of aromatic hydroxyl groups is 1. The van der Waals surface area contributed by atoms with Crippen molar-refractivity contribution in [3.05, 3.63) is 59.2 Å². The molecule has 1 saturated heterocycles. The molecule has 3 nitrogen and oxygen atoms in total. The van der Waals surface area contributed by atoms with E-state index in [0.717, 1.165) is 43.8 Å². The van der Waals surface area contributed by atoms with Crippen LogP contribution in [0.4, 0.5) is 0 Å². The Morgan fingerprint density at radius 1 is 0.893 bits per heavy atom. The number of phenols is 1. The number of phenolic OH excluding ortho intramolecular Hbond substituents is 1. The topological polar surface area (TPSA) is 32.7 Å². The zero-order valence-corrected chi connectivity index (χ0v) is 17.7. The van der Waals surface area contributed by atoms with Gasteiger partial charge in [-0.15, -0.1) is 0 Å². The van der Waals surface area contributed by atoms with Gasteiger partial charge in [-0.2, -0.15) is 0 Å². The van der Waals surface area contributed by atoms with Gasteiger partial charge in [0.1, 0.15) is 11.5 Å². The molecule has 0 saturated carbocycles. The highest BCUT2D eigenvalue weighted by Crippen LogP contribution is 2.39. The van der Waals surface area contributed by atoms with Crippen LogP contribution < -0.4 is 4.74 Å². The molecule has 1 aliphatic heterocycles. The van der Waals surface area contributed by atoms with Gasteiger partial charge in [-0.3, -0.25) is 4.90 Å². The first-order chi connectivity index (χ1) is 13.7. The lowest BCUT2D eigenvalue weighted by molar-refractivity contribution is 0.218. The van der Waals surface area contributed by atoms with Crippen molar-refractivity contribution >= 4 is 0 Å². The van der Waals surface area contributed by atoms with Gasteiger partial charge in [-0.1, -0.05) is 44.5 Å². The third kappa shape index (κ3) is 4.88. The molecular weight excluding hydrogens is 346 g/mol. The highest BCUT2D eigenvalue weighted by atomic mass is 16.5. The Balaban J connectivity index is 1.84. The Labute approximate surface area is 170 Å². The van der Waals surface area contributed by atoms with Crippen LogP contribution in [0.2, 0.25) is 0 Å². The molecule has 1 heterocycles. The first kappa shape index (κ1) is 20.7. The van der Waals surface area contributed by atoms with Crippen LogP contribution in [-0.4, -0.2) is 30.2 Å². The molecule has 1 fully saturated rings. The van der Waals surface area contributed by atoms with Crippen molar-refractivity contribution in [2.45, 2.75) is 64.3 Å². The maximum absolute atomic E-state index is 10.5. The van der Waals surface area contributed by atoms with Crippen LogP contribution in [0.1, 0.15) is 74.5 Å². The summed E-state index contributed by atoms with van der Waals surface area (Å²) >= 11 is 0. The van der Waals surface area contributed by atoms with Gasteiger partial charge in [0, 0.05) is 12.1 Å². The first-order valence-corrected chi connectivity index (χ1v) is 10.8. The van der Waals surface area contributed by atoms with Crippen molar-refractivity contribution in [2.75, 3.05) is 20.2 Å². The minimum Gasteiger partial charge on any atom is -0.508 e. The van der Waals surface area contributed by atoms with Crippen LogP contribution >= 0.6 is 0 Å². The van der Waals surface area contributed by atoms with Crippen LogP contribution in [0.25, 0.3) is 0 Å². The van der Waals surface area contributed by atoms with Gasteiger partial charge >= 0.3 is 0 Å². The fourth-order valence-electron chi connectivity index (χ4n) is 4.68. The molecule has 152 valence electrons. The number of methoxy groups -OCH3 is 1. The molecule has 2 atom stereocenters. The molecule has 1 N–H and O–H groups in total. The number of piperidine rings is 1. The van der Waals surface area contributed by atoms with Crippen molar-refractivity contribution in [1.82, 2.24) is 4.90 Å². The summed E-state index contributed by atoms with van der Waals surface area (Å²) in [5.74, 6) is 2.24. The average Bonchev–Trinajstić information content (AvgIpc) is 2.74. The molecule has 2 aromatic carbocycles. The molecule has 0 spiro atoms. The molecule has 2 unspecified atom stereocenters. The predicted molar refractivity (Wildman–Crippen MR) is 116 cm³/mol. The van der Waals surface area contributed by atoms with Crippen molar-refractivity contribution in [1.29, 1.82) is 0 Å². The number of ether oxygens (including phenoxy) is 1. The van der Waals surface area contributed by atoms with Gasteiger partial charge in [0.15, 0.2) is 0 Å². The summed E-state index contributed by atoms with van der Waals surface area (Å²) in [4.78, 5) is 2.48. The van der Waals surface area contributed by atoms with E-state index in [1.165, 1.54) is 30.4 Å². The van der Waals surface area contributed by atoms with E-state index in [2.05, 4.69) is 55.1 Å². The van der Waals surface area contributed by atoms with Crippen molar-refractivity contribution in [3.8, 4) is 11.5 Å². The van der Waals surface area contributed by atoms with Gasteiger partial charge in [0.25, 0.3) is 0 Å². The lowest BCUT2D eigenvalue weighted by atomic mass is 9.78. The Bertz CT molecular complexity index is 735. The number of benzene rings is 2. The highest BCUT2D eigenvalue weighted by molar-refractivity contribution is 5.40. The van der Waals surface area contributed by atoms with E-state index in [-0.39, 0.29) is 0 Å². The smallest absolute Gasteiger partial charge is 0.120 e. The van der Waals surface area contributed by atoms with E-state index in [1.54, 1.807) is 7.11 Å². The molecule has 0 aromatic heterocycles. The third-order valence-electron chi connectivity index (χ3n) is 6.28. The minimum absolute atomic E-state index is 0.432. The molecule has 2 aromatic rings. The summed E-state index contributed by atoms with van der Waals surface area (Å²) in [6.45, 7) is 7.69. The van der Waals surface area contributed by atoms with Gasteiger partial charge in [-0.25, -0.2) is 0 Å². The molecule has 3 rings (SSSR count). The summed E-state index contributed by atoms with van der Waals surface area (Å²) in [5.41, 5.74) is 3.78. The summed E-state index contributed by atoms with van der Waals surface area (Å²) in [5, 5.41) is 10.5. The van der Waals surface area contributed by atoms with Crippen molar-refractivity contribution < 1.29 is 9.84 Å². The van der Waals surface area contributed by atoms with Gasteiger partial charge in [0.2, 0.25) is 0 Å². The molecule has 3 heteroatoms. The molecule has 0 bridgehead atoms. The molecular formula is C25H35NO2. The summed E-state index contributed by atoms with van der Waals surface area (Å²) in [7, 11) is 1.71. The number of likely N-dealkylation sites (tertiary alicyclic amines) is 1. The van der Waals surface area contributed by atoms with Crippen LogP contribution in [0.3, 0.4) is 0 Å². The van der Waals surface area contributed by atoms with E-state index in [1.807, 2.05) is 6.07 Å². The van der Waals surface area contributed by atoms with E-state index in [4.69, 9.17) is 4.74 Å². The number of hydrogen-bond donors (Lipinski definition) is 1. The van der Waals surface area contributed by atoms with Crippen LogP contribution in [-0.2, 0) is 6.54 Å². The summed E-state index contributed by atoms with van der Waals surface area (Å²) in [6, 6.07) is 14.8. The quantitative estimate of drug-likeness (QED) is 0.602. The van der Waals surface area contributed by atoms with Gasteiger partial charge in [-0.05, 0) is 79.9 Å². The number of nitrogens with zero attached hydrogens (tertiary/aromatic N) is 1. The number of rotatable bonds is 8. The largest absolute Gasteiger partial charge is 0.508 e. The lowest BCUT2D eigenvalue weighted by Crippen LogP contribution is -2.29. The Hall–Kier alpha value is -2.00. The van der Waals surface area contributed by atoms with E-state index >= 15 is 0 Å². The average molecular weight is 382 g/mol. The zero-order valence-electron chi connectivity index (χ0n) is 17.7. The monoisotopic (exact) mass is 381 g/mol. The number of hydrogen-bond acceptors (Lipinski definition) is 3. The predicted octanol–water partition coefficient (Wildman–Crippen LogP) is 6.07.